The molecule has 0 bridgehead atoms. The van der Waals surface area contributed by atoms with E-state index in [9.17, 15) is 0 Å². The zero-order valence-electron chi connectivity index (χ0n) is 27.1. The van der Waals surface area contributed by atoms with Crippen LogP contribution >= 0.6 is 0 Å². The van der Waals surface area contributed by atoms with E-state index in [1.807, 2.05) is 6.20 Å². The maximum Gasteiger partial charge on any atom is 0.246 e. The Morgan fingerprint density at radius 2 is 1.28 bits per heavy atom. The third kappa shape index (κ3) is 4.96. The molecule has 0 N–H and O–H groups in total. The number of anilines is 3. The first kappa shape index (κ1) is 28.8. The van der Waals surface area contributed by atoms with Gasteiger partial charge in [0.1, 0.15) is 5.82 Å². The Labute approximate surface area is 277 Å². The van der Waals surface area contributed by atoms with Crippen LogP contribution in [-0.2, 0) is 0 Å². The molecule has 0 spiro atoms. The standard InChI is InChI=1S/C42H35BN4/c1-28-24-29(2)41(44-27-28)32-14-13-15-34(25-32)43-37-20-11-12-21-39(37)47(36-18-9-6-10-19-36)40-23-22-33(26-38(40)43)42-45-30(3)31(4)46(42)35-16-7-5-8-17-35/h5-27H,1-4H3. The Bertz CT molecular complexity index is 2260. The van der Waals surface area contributed by atoms with Gasteiger partial charge in [-0.15, -0.1) is 0 Å². The molecular formula is C42H35BN4. The van der Waals surface area contributed by atoms with Crippen molar-refractivity contribution >= 4 is 40.2 Å². The van der Waals surface area contributed by atoms with Gasteiger partial charge in [-0.25, -0.2) is 4.98 Å². The van der Waals surface area contributed by atoms with E-state index in [0.29, 0.717) is 0 Å². The Hall–Kier alpha value is -5.68. The predicted molar refractivity (Wildman–Crippen MR) is 197 cm³/mol. The number of hydrogen-bond donors (Lipinski definition) is 0. The molecule has 0 amide bonds. The van der Waals surface area contributed by atoms with E-state index < -0.39 is 0 Å². The van der Waals surface area contributed by atoms with Gasteiger partial charge in [0, 0.05) is 40.2 Å². The first-order valence-corrected chi connectivity index (χ1v) is 16.2. The minimum atomic E-state index is 0.00847. The van der Waals surface area contributed by atoms with E-state index in [1.165, 1.54) is 38.9 Å². The highest BCUT2D eigenvalue weighted by molar-refractivity contribution is 6.98. The number of benzene rings is 5. The minimum absolute atomic E-state index is 0.00847. The zero-order chi connectivity index (χ0) is 32.1. The molecule has 8 rings (SSSR count). The van der Waals surface area contributed by atoms with Crippen molar-refractivity contribution in [1.82, 2.24) is 14.5 Å². The lowest BCUT2D eigenvalue weighted by molar-refractivity contribution is 1.01. The Morgan fingerprint density at radius 1 is 0.574 bits per heavy atom. The lowest BCUT2D eigenvalue weighted by Crippen LogP contribution is -2.57. The number of rotatable bonds is 5. The van der Waals surface area contributed by atoms with Crippen molar-refractivity contribution in [3.63, 3.8) is 0 Å². The van der Waals surface area contributed by atoms with Crippen molar-refractivity contribution in [2.24, 2.45) is 0 Å². The Kier molecular flexibility index (Phi) is 7.10. The molecule has 0 aliphatic carbocycles. The highest BCUT2D eigenvalue weighted by Crippen LogP contribution is 2.37. The molecular weight excluding hydrogens is 571 g/mol. The van der Waals surface area contributed by atoms with E-state index in [4.69, 9.17) is 9.97 Å². The van der Waals surface area contributed by atoms with Crippen LogP contribution in [0, 0.1) is 27.7 Å². The third-order valence-corrected chi connectivity index (χ3v) is 9.41. The van der Waals surface area contributed by atoms with Crippen molar-refractivity contribution in [2.45, 2.75) is 27.7 Å². The van der Waals surface area contributed by atoms with Crippen LogP contribution in [0.5, 0.6) is 0 Å². The largest absolute Gasteiger partial charge is 0.312 e. The van der Waals surface area contributed by atoms with Gasteiger partial charge in [0.2, 0.25) is 6.71 Å². The maximum atomic E-state index is 5.14. The highest BCUT2D eigenvalue weighted by Gasteiger charge is 2.36. The first-order valence-electron chi connectivity index (χ1n) is 16.2. The van der Waals surface area contributed by atoms with Gasteiger partial charge in [0.15, 0.2) is 0 Å². The summed E-state index contributed by atoms with van der Waals surface area (Å²) < 4.78 is 2.28. The van der Waals surface area contributed by atoms with Crippen LogP contribution in [0.3, 0.4) is 0 Å². The molecule has 0 atom stereocenters. The molecule has 2 aromatic heterocycles. The topological polar surface area (TPSA) is 34.0 Å². The van der Waals surface area contributed by atoms with Crippen molar-refractivity contribution in [3.05, 3.63) is 162 Å². The summed E-state index contributed by atoms with van der Waals surface area (Å²) in [4.78, 5) is 12.4. The average molecular weight is 607 g/mol. The van der Waals surface area contributed by atoms with Gasteiger partial charge in [-0.1, -0.05) is 96.5 Å². The molecule has 0 radical (unpaired) electrons. The van der Waals surface area contributed by atoms with Gasteiger partial charge >= 0.3 is 0 Å². The second-order valence-electron chi connectivity index (χ2n) is 12.5. The van der Waals surface area contributed by atoms with Crippen LogP contribution in [0.1, 0.15) is 22.5 Å². The van der Waals surface area contributed by atoms with E-state index >= 15 is 0 Å². The first-order chi connectivity index (χ1) is 23.0. The molecule has 0 fully saturated rings. The quantitative estimate of drug-likeness (QED) is 0.186. The van der Waals surface area contributed by atoms with Crippen molar-refractivity contribution in [2.75, 3.05) is 4.90 Å². The van der Waals surface area contributed by atoms with Gasteiger partial charge in [0.25, 0.3) is 0 Å². The van der Waals surface area contributed by atoms with Crippen LogP contribution in [0.2, 0.25) is 0 Å². The fourth-order valence-corrected chi connectivity index (χ4v) is 7.16. The number of hydrogen-bond acceptors (Lipinski definition) is 3. The van der Waals surface area contributed by atoms with Crippen molar-refractivity contribution in [3.8, 4) is 28.3 Å². The molecule has 7 aromatic rings. The molecule has 1 aliphatic rings. The number of nitrogens with zero attached hydrogens (tertiary/aromatic N) is 4. The van der Waals surface area contributed by atoms with Crippen LogP contribution in [-0.4, -0.2) is 21.2 Å². The SMILES string of the molecule is Cc1cnc(-c2cccc(B3c4ccccc4N(c4ccccc4)c4ccc(-c5nc(C)c(C)n5-c5ccccc5)cc43)c2)c(C)c1. The van der Waals surface area contributed by atoms with E-state index in [1.54, 1.807) is 0 Å². The summed E-state index contributed by atoms with van der Waals surface area (Å²) in [5.41, 5.74) is 16.1. The molecule has 4 nitrogen and oxygen atoms in total. The van der Waals surface area contributed by atoms with Gasteiger partial charge in [0.05, 0.1) is 11.4 Å². The number of fused-ring (bicyclic) bond motifs is 2. The van der Waals surface area contributed by atoms with Crippen LogP contribution in [0.25, 0.3) is 28.3 Å². The monoisotopic (exact) mass is 606 g/mol. The van der Waals surface area contributed by atoms with Crippen LogP contribution < -0.4 is 21.3 Å². The van der Waals surface area contributed by atoms with E-state index in [0.717, 1.165) is 45.4 Å². The summed E-state index contributed by atoms with van der Waals surface area (Å²) >= 11 is 0. The number of imidazole rings is 1. The third-order valence-electron chi connectivity index (χ3n) is 9.41. The van der Waals surface area contributed by atoms with Crippen molar-refractivity contribution < 1.29 is 0 Å². The van der Waals surface area contributed by atoms with Crippen LogP contribution in [0.15, 0.2) is 140 Å². The normalized spacial score (nSPS) is 12.2. The molecule has 0 saturated heterocycles. The fraction of sp³-hybridized carbons (Fsp3) is 0.0952. The minimum Gasteiger partial charge on any atom is -0.312 e. The number of pyridine rings is 1. The highest BCUT2D eigenvalue weighted by atomic mass is 15.2. The second kappa shape index (κ2) is 11.6. The number of aromatic nitrogens is 3. The smallest absolute Gasteiger partial charge is 0.246 e. The summed E-state index contributed by atoms with van der Waals surface area (Å²) in [6.45, 7) is 8.50. The number of para-hydroxylation sites is 3. The maximum absolute atomic E-state index is 5.14. The molecule has 1 aliphatic heterocycles. The van der Waals surface area contributed by atoms with Crippen molar-refractivity contribution in [1.29, 1.82) is 0 Å². The van der Waals surface area contributed by atoms with Gasteiger partial charge in [-0.05, 0) is 97.8 Å². The lowest BCUT2D eigenvalue weighted by Gasteiger charge is -2.37. The summed E-state index contributed by atoms with van der Waals surface area (Å²) in [5.74, 6) is 0.950. The summed E-state index contributed by atoms with van der Waals surface area (Å²) in [5, 5.41) is 0. The molecule has 0 saturated carbocycles. The fourth-order valence-electron chi connectivity index (χ4n) is 7.16. The Morgan fingerprint density at radius 3 is 2.04 bits per heavy atom. The van der Waals surface area contributed by atoms with Gasteiger partial charge in [-0.3, -0.25) is 9.55 Å². The van der Waals surface area contributed by atoms with E-state index in [-0.39, 0.29) is 6.71 Å². The second-order valence-corrected chi connectivity index (χ2v) is 12.5. The number of aryl methyl sites for hydroxylation is 3. The Balaban J connectivity index is 1.37. The summed E-state index contributed by atoms with van der Waals surface area (Å²) in [6.07, 6.45) is 1.96. The van der Waals surface area contributed by atoms with Gasteiger partial charge < -0.3 is 4.90 Å². The molecule has 0 unspecified atom stereocenters. The molecule has 5 aromatic carbocycles. The molecule has 226 valence electrons. The zero-order valence-corrected chi connectivity index (χ0v) is 27.1. The molecule has 5 heteroatoms. The lowest BCUT2D eigenvalue weighted by atomic mass is 9.35. The van der Waals surface area contributed by atoms with Gasteiger partial charge in [-0.2, -0.15) is 0 Å². The molecule has 47 heavy (non-hydrogen) atoms. The molecule has 3 heterocycles. The average Bonchev–Trinajstić information content (AvgIpc) is 3.41. The summed E-state index contributed by atoms with van der Waals surface area (Å²) in [7, 11) is 0. The summed E-state index contributed by atoms with van der Waals surface area (Å²) in [6, 6.07) is 48.1. The van der Waals surface area contributed by atoms with Crippen LogP contribution in [0.4, 0.5) is 17.1 Å². The van der Waals surface area contributed by atoms with E-state index in [2.05, 4.69) is 171 Å². The predicted octanol–water partition coefficient (Wildman–Crippen LogP) is 8.13.